The van der Waals surface area contributed by atoms with E-state index in [0.29, 0.717) is 12.8 Å². The van der Waals surface area contributed by atoms with Gasteiger partial charge in [-0.3, -0.25) is 9.59 Å². The van der Waals surface area contributed by atoms with Crippen molar-refractivity contribution in [3.63, 3.8) is 0 Å². The number of hydrogen-bond acceptors (Lipinski definition) is 5. The third-order valence-electron chi connectivity index (χ3n) is 16.0. The first-order valence-electron chi connectivity index (χ1n) is 35.5. The lowest BCUT2D eigenvalue weighted by molar-refractivity contribution is -0.161. The minimum absolute atomic E-state index is 0.0630. The van der Waals surface area contributed by atoms with Gasteiger partial charge in [-0.25, -0.2) is 0 Å². The van der Waals surface area contributed by atoms with Crippen molar-refractivity contribution in [1.82, 2.24) is 0 Å². The Kier molecular flexibility index (Phi) is 68.3. The Labute approximate surface area is 499 Å². The van der Waals surface area contributed by atoms with Crippen molar-refractivity contribution in [1.29, 1.82) is 0 Å². The molecular formula is C75H136O5. The molecule has 1 N–H and O–H groups in total. The molecule has 0 aromatic heterocycles. The van der Waals surface area contributed by atoms with Gasteiger partial charge in [-0.2, -0.15) is 0 Å². The number of ether oxygens (including phenoxy) is 2. The predicted molar refractivity (Wildman–Crippen MR) is 353 cm³/mol. The maximum Gasteiger partial charge on any atom is 0.306 e. The fraction of sp³-hybridized carbons (Fsp3) is 0.813. The van der Waals surface area contributed by atoms with Gasteiger partial charge in [-0.1, -0.05) is 344 Å². The van der Waals surface area contributed by atoms with Gasteiger partial charge in [0.05, 0.1) is 6.61 Å². The topological polar surface area (TPSA) is 72.8 Å². The van der Waals surface area contributed by atoms with Crippen molar-refractivity contribution in [3.05, 3.63) is 72.9 Å². The number of allylic oxidation sites excluding steroid dienone is 12. The molecule has 0 aromatic carbocycles. The van der Waals surface area contributed by atoms with E-state index in [1.165, 1.54) is 283 Å². The summed E-state index contributed by atoms with van der Waals surface area (Å²) in [6.45, 7) is 4.16. The van der Waals surface area contributed by atoms with Crippen molar-refractivity contribution in [2.45, 2.75) is 380 Å². The monoisotopic (exact) mass is 1120 g/mol. The highest BCUT2D eigenvalue weighted by molar-refractivity contribution is 5.70. The van der Waals surface area contributed by atoms with E-state index < -0.39 is 6.10 Å². The van der Waals surface area contributed by atoms with Crippen LogP contribution in [0.1, 0.15) is 373 Å². The molecule has 0 radical (unpaired) electrons. The quantitative estimate of drug-likeness (QED) is 0.0373. The van der Waals surface area contributed by atoms with E-state index in [1.807, 2.05) is 0 Å². The van der Waals surface area contributed by atoms with Crippen LogP contribution in [0.15, 0.2) is 72.9 Å². The first-order valence-corrected chi connectivity index (χ1v) is 35.5. The molecule has 0 fully saturated rings. The molecule has 0 saturated carbocycles. The highest BCUT2D eigenvalue weighted by Crippen LogP contribution is 2.18. The average Bonchev–Trinajstić information content (AvgIpc) is 3.46. The standard InChI is InChI=1S/C75H136O5/c1-3-5-7-9-11-13-15-17-19-21-23-25-27-29-31-33-35-37-39-41-43-45-47-49-51-53-55-57-59-61-63-65-67-69-74(77)79-72-73(71-76)80-75(78)70-68-66-64-62-60-58-56-54-52-50-48-46-44-42-40-38-36-34-32-30-28-26-24-22-20-18-16-14-12-10-8-6-4-2/h15-18,21-24,27-30,73,76H,3-14,19-20,25-26,31-72H2,1-2H3/b17-15-,18-16-,23-21-,24-22-,29-27-,30-28-. The number of carbonyl (C=O) groups is 2. The molecule has 0 aliphatic carbocycles. The molecule has 1 atom stereocenters. The molecule has 0 amide bonds. The molecule has 0 bridgehead atoms. The van der Waals surface area contributed by atoms with Gasteiger partial charge in [0.15, 0.2) is 6.10 Å². The van der Waals surface area contributed by atoms with Crippen molar-refractivity contribution in [2.24, 2.45) is 0 Å². The van der Waals surface area contributed by atoms with Gasteiger partial charge in [0.25, 0.3) is 0 Å². The summed E-state index contributed by atoms with van der Waals surface area (Å²) in [4.78, 5) is 24.7. The molecule has 0 spiro atoms. The van der Waals surface area contributed by atoms with E-state index in [-0.39, 0.29) is 25.2 Å². The van der Waals surface area contributed by atoms with Gasteiger partial charge < -0.3 is 14.6 Å². The van der Waals surface area contributed by atoms with Gasteiger partial charge in [0.2, 0.25) is 0 Å². The fourth-order valence-corrected chi connectivity index (χ4v) is 10.6. The molecule has 466 valence electrons. The number of carbonyl (C=O) groups excluding carboxylic acids is 2. The summed E-state index contributed by atoms with van der Waals surface area (Å²) in [5.74, 6) is -0.573. The summed E-state index contributed by atoms with van der Waals surface area (Å²) in [6, 6.07) is 0. The smallest absolute Gasteiger partial charge is 0.306 e. The molecule has 0 aromatic rings. The van der Waals surface area contributed by atoms with Gasteiger partial charge in [0, 0.05) is 12.8 Å². The Morgan fingerprint density at radius 1 is 0.287 bits per heavy atom. The molecule has 0 aliphatic rings. The minimum atomic E-state index is -0.774. The van der Waals surface area contributed by atoms with Crippen LogP contribution in [0, 0.1) is 0 Å². The molecule has 5 heteroatoms. The highest BCUT2D eigenvalue weighted by Gasteiger charge is 2.16. The summed E-state index contributed by atoms with van der Waals surface area (Å²) in [5.41, 5.74) is 0. The van der Waals surface area contributed by atoms with Crippen molar-refractivity contribution >= 4 is 11.9 Å². The molecule has 0 saturated heterocycles. The third-order valence-corrected chi connectivity index (χ3v) is 16.0. The first kappa shape index (κ1) is 77.3. The number of aliphatic hydroxyl groups is 1. The second kappa shape index (κ2) is 70.6. The Morgan fingerprint density at radius 2 is 0.500 bits per heavy atom. The van der Waals surface area contributed by atoms with E-state index in [2.05, 4.69) is 86.8 Å². The molecule has 0 aliphatic heterocycles. The van der Waals surface area contributed by atoms with Crippen LogP contribution in [0.2, 0.25) is 0 Å². The van der Waals surface area contributed by atoms with Crippen LogP contribution in [0.3, 0.4) is 0 Å². The van der Waals surface area contributed by atoms with Gasteiger partial charge in [-0.15, -0.1) is 0 Å². The lowest BCUT2D eigenvalue weighted by atomic mass is 10.0. The van der Waals surface area contributed by atoms with Crippen LogP contribution in [-0.2, 0) is 19.1 Å². The zero-order valence-electron chi connectivity index (χ0n) is 53.6. The summed E-state index contributed by atoms with van der Waals surface area (Å²) in [7, 11) is 0. The Balaban J connectivity index is 3.42. The largest absolute Gasteiger partial charge is 0.462 e. The zero-order valence-corrected chi connectivity index (χ0v) is 53.6. The summed E-state index contributed by atoms with van der Waals surface area (Å²) >= 11 is 0. The van der Waals surface area contributed by atoms with E-state index in [0.717, 1.165) is 64.2 Å². The van der Waals surface area contributed by atoms with Crippen LogP contribution in [0.5, 0.6) is 0 Å². The Hall–Kier alpha value is -2.66. The van der Waals surface area contributed by atoms with Gasteiger partial charge in [0.1, 0.15) is 6.61 Å². The Bertz CT molecular complexity index is 1400. The predicted octanol–water partition coefficient (Wildman–Crippen LogP) is 24.7. The van der Waals surface area contributed by atoms with Crippen molar-refractivity contribution < 1.29 is 24.2 Å². The van der Waals surface area contributed by atoms with Crippen LogP contribution in [0.25, 0.3) is 0 Å². The SMILES string of the molecule is CCCCCCC/C=C\C/C=C\C/C=C\CCCCCCCCCCCCCCCCCCCCC(=O)OCC(CO)OC(=O)CCCCCCCCCCCCCCCCCCCC/C=C\C/C=C\C/C=C\CCCCCCC. The number of rotatable bonds is 66. The first-order chi connectivity index (χ1) is 39.6. The third kappa shape index (κ3) is 67.8. The number of unbranched alkanes of at least 4 members (excludes halogenated alkanes) is 46. The molecule has 5 nitrogen and oxygen atoms in total. The Morgan fingerprint density at radius 3 is 0.750 bits per heavy atom. The van der Waals surface area contributed by atoms with E-state index in [4.69, 9.17) is 9.47 Å². The fourth-order valence-electron chi connectivity index (χ4n) is 10.6. The number of hydrogen-bond donors (Lipinski definition) is 1. The molecule has 80 heavy (non-hydrogen) atoms. The van der Waals surface area contributed by atoms with Gasteiger partial charge in [-0.05, 0) is 89.9 Å². The zero-order chi connectivity index (χ0) is 57.6. The van der Waals surface area contributed by atoms with Crippen LogP contribution in [-0.4, -0.2) is 36.4 Å². The average molecular weight is 1120 g/mol. The lowest BCUT2D eigenvalue weighted by Crippen LogP contribution is -2.28. The molecule has 0 heterocycles. The second-order valence-electron chi connectivity index (χ2n) is 24.0. The van der Waals surface area contributed by atoms with Crippen molar-refractivity contribution in [2.75, 3.05) is 13.2 Å². The van der Waals surface area contributed by atoms with Gasteiger partial charge >= 0.3 is 11.9 Å². The maximum atomic E-state index is 12.4. The lowest BCUT2D eigenvalue weighted by Gasteiger charge is -2.15. The molecule has 1 unspecified atom stereocenters. The highest BCUT2D eigenvalue weighted by atomic mass is 16.6. The second-order valence-corrected chi connectivity index (χ2v) is 24.0. The minimum Gasteiger partial charge on any atom is -0.462 e. The van der Waals surface area contributed by atoms with E-state index in [9.17, 15) is 14.7 Å². The molecule has 0 rings (SSSR count). The maximum absolute atomic E-state index is 12.4. The van der Waals surface area contributed by atoms with Crippen LogP contribution < -0.4 is 0 Å². The normalized spacial score (nSPS) is 12.6. The summed E-state index contributed by atoms with van der Waals surface area (Å²) in [6.07, 6.45) is 97.9. The van der Waals surface area contributed by atoms with E-state index >= 15 is 0 Å². The van der Waals surface area contributed by atoms with Crippen LogP contribution in [0.4, 0.5) is 0 Å². The summed E-state index contributed by atoms with van der Waals surface area (Å²) < 4.78 is 10.8. The number of aliphatic hydroxyl groups excluding tert-OH is 1. The van der Waals surface area contributed by atoms with Crippen LogP contribution >= 0.6 is 0 Å². The van der Waals surface area contributed by atoms with E-state index in [1.54, 1.807) is 0 Å². The van der Waals surface area contributed by atoms with Crippen molar-refractivity contribution in [3.8, 4) is 0 Å². The number of esters is 2. The summed E-state index contributed by atoms with van der Waals surface area (Å²) in [5, 5.41) is 9.71. The molecular weight excluding hydrogens is 981 g/mol.